The molecule has 0 saturated heterocycles. The van der Waals surface area contributed by atoms with Gasteiger partial charge in [0, 0.05) is 15.1 Å². The molecule has 0 aliphatic carbocycles. The third-order valence-electron chi connectivity index (χ3n) is 2.88. The fourth-order valence-corrected chi connectivity index (χ4v) is 4.18. The molecule has 2 nitrogen and oxygen atoms in total. The molecule has 0 amide bonds. The minimum absolute atomic E-state index is 0.213. The maximum absolute atomic E-state index is 6.20. The van der Waals surface area contributed by atoms with Gasteiger partial charge in [0.1, 0.15) is 5.75 Å². The molecule has 0 bridgehead atoms. The quantitative estimate of drug-likeness (QED) is 0.821. The van der Waals surface area contributed by atoms with Gasteiger partial charge in [-0.1, -0.05) is 18.5 Å². The van der Waals surface area contributed by atoms with Gasteiger partial charge in [0.15, 0.2) is 0 Å². The Balaban J connectivity index is 2.29. The maximum atomic E-state index is 6.20. The van der Waals surface area contributed by atoms with Crippen LogP contribution in [0.4, 0.5) is 0 Å². The molecule has 0 saturated carbocycles. The minimum Gasteiger partial charge on any atom is -0.496 e. The molecule has 0 fully saturated rings. The first-order valence-corrected chi connectivity index (χ1v) is 8.34. The number of halogens is 1. The summed E-state index contributed by atoms with van der Waals surface area (Å²) >= 11 is 9.57. The van der Waals surface area contributed by atoms with E-state index in [2.05, 4.69) is 24.4 Å². The van der Waals surface area contributed by atoms with Gasteiger partial charge >= 0.3 is 0 Å². The van der Waals surface area contributed by atoms with Crippen molar-refractivity contribution in [1.82, 2.24) is 5.32 Å². The molecular formula is C14H18ClNOS2. The maximum Gasteiger partial charge on any atom is 0.129 e. The lowest BCUT2D eigenvalue weighted by Gasteiger charge is -2.15. The van der Waals surface area contributed by atoms with Gasteiger partial charge in [-0.3, -0.25) is 0 Å². The molecule has 2 rings (SSSR count). The molecule has 1 atom stereocenters. The van der Waals surface area contributed by atoms with E-state index in [-0.39, 0.29) is 6.04 Å². The van der Waals surface area contributed by atoms with Gasteiger partial charge in [-0.15, -0.1) is 22.7 Å². The van der Waals surface area contributed by atoms with Gasteiger partial charge in [0.05, 0.1) is 17.5 Å². The smallest absolute Gasteiger partial charge is 0.129 e. The number of aryl methyl sites for hydroxylation is 1. The Morgan fingerprint density at radius 3 is 2.68 bits per heavy atom. The zero-order valence-electron chi connectivity index (χ0n) is 11.3. The molecule has 2 aromatic heterocycles. The van der Waals surface area contributed by atoms with Crippen LogP contribution in [0.25, 0.3) is 0 Å². The van der Waals surface area contributed by atoms with Crippen LogP contribution in [-0.2, 0) is 0 Å². The van der Waals surface area contributed by atoms with Gasteiger partial charge in [0.25, 0.3) is 0 Å². The molecule has 1 N–H and O–H groups in total. The summed E-state index contributed by atoms with van der Waals surface area (Å²) in [5.41, 5.74) is 1.15. The lowest BCUT2D eigenvalue weighted by atomic mass is 10.1. The molecule has 104 valence electrons. The van der Waals surface area contributed by atoms with Crippen molar-refractivity contribution in [3.8, 4) is 5.75 Å². The van der Waals surface area contributed by atoms with Crippen LogP contribution in [0.15, 0.2) is 17.5 Å². The first kappa shape index (κ1) is 14.9. The van der Waals surface area contributed by atoms with E-state index in [4.69, 9.17) is 16.3 Å². The van der Waals surface area contributed by atoms with Crippen molar-refractivity contribution in [2.24, 2.45) is 0 Å². The number of hydrogen-bond donors (Lipinski definition) is 1. The van der Waals surface area contributed by atoms with E-state index < -0.39 is 0 Å². The third-order valence-corrected chi connectivity index (χ3v) is 5.47. The highest BCUT2D eigenvalue weighted by Crippen LogP contribution is 2.37. The molecule has 5 heteroatoms. The zero-order valence-corrected chi connectivity index (χ0v) is 13.7. The highest BCUT2D eigenvalue weighted by atomic mass is 35.5. The van der Waals surface area contributed by atoms with Gasteiger partial charge in [-0.05, 0) is 37.6 Å². The predicted octanol–water partition coefficient (Wildman–Crippen LogP) is 4.87. The number of methoxy groups -OCH3 is 1. The fourth-order valence-electron chi connectivity index (χ4n) is 1.85. The normalized spacial score (nSPS) is 12.6. The molecule has 2 aromatic rings. The largest absolute Gasteiger partial charge is 0.496 e. The molecule has 1 unspecified atom stereocenters. The number of thiophene rings is 2. The van der Waals surface area contributed by atoms with E-state index in [1.54, 1.807) is 29.8 Å². The van der Waals surface area contributed by atoms with Gasteiger partial charge < -0.3 is 10.1 Å². The van der Waals surface area contributed by atoms with E-state index >= 15 is 0 Å². The predicted molar refractivity (Wildman–Crippen MR) is 85.1 cm³/mol. The van der Waals surface area contributed by atoms with Crippen molar-refractivity contribution in [1.29, 1.82) is 0 Å². The number of rotatable bonds is 6. The van der Waals surface area contributed by atoms with E-state index in [0.717, 1.165) is 28.6 Å². The molecule has 0 spiro atoms. The zero-order chi connectivity index (χ0) is 13.8. The summed E-state index contributed by atoms with van der Waals surface area (Å²) < 4.78 is 6.15. The van der Waals surface area contributed by atoms with Gasteiger partial charge in [-0.25, -0.2) is 0 Å². The Hall–Kier alpha value is -0.550. The van der Waals surface area contributed by atoms with Crippen LogP contribution in [0.5, 0.6) is 5.75 Å². The summed E-state index contributed by atoms with van der Waals surface area (Å²) in [4.78, 5) is 2.53. The van der Waals surface area contributed by atoms with Crippen molar-refractivity contribution in [2.75, 3.05) is 13.7 Å². The van der Waals surface area contributed by atoms with Crippen LogP contribution in [0, 0.1) is 6.92 Å². The summed E-state index contributed by atoms with van der Waals surface area (Å²) in [7, 11) is 1.70. The molecule has 0 aliphatic rings. The highest BCUT2D eigenvalue weighted by Gasteiger charge is 2.19. The topological polar surface area (TPSA) is 21.3 Å². The van der Waals surface area contributed by atoms with E-state index in [1.807, 2.05) is 12.3 Å². The summed E-state index contributed by atoms with van der Waals surface area (Å²) in [6.45, 7) is 5.21. The van der Waals surface area contributed by atoms with Crippen molar-refractivity contribution >= 4 is 34.3 Å². The molecule has 0 radical (unpaired) electrons. The SMILES string of the molecule is CCCNC(c1cc(OC)cs1)c1cc(C)c(Cl)s1. The molecule has 2 heterocycles. The van der Waals surface area contributed by atoms with Crippen molar-refractivity contribution in [3.63, 3.8) is 0 Å². The second-order valence-electron chi connectivity index (χ2n) is 4.38. The summed E-state index contributed by atoms with van der Waals surface area (Å²) in [6.07, 6.45) is 1.11. The lowest BCUT2D eigenvalue weighted by molar-refractivity contribution is 0.416. The Kier molecular flexibility index (Phi) is 5.28. The number of ether oxygens (including phenoxy) is 1. The first-order chi connectivity index (χ1) is 9.15. The summed E-state index contributed by atoms with van der Waals surface area (Å²) in [6, 6.07) is 4.48. The van der Waals surface area contributed by atoms with Crippen molar-refractivity contribution in [3.05, 3.63) is 37.2 Å². The van der Waals surface area contributed by atoms with Crippen molar-refractivity contribution < 1.29 is 4.74 Å². The molecule has 19 heavy (non-hydrogen) atoms. The lowest BCUT2D eigenvalue weighted by Crippen LogP contribution is -2.21. The standard InChI is InChI=1S/C14H18ClNOS2/c1-4-5-16-13(11-7-10(17-3)8-18-11)12-6-9(2)14(15)19-12/h6-8,13,16H,4-5H2,1-3H3. The minimum atomic E-state index is 0.213. The van der Waals surface area contributed by atoms with Crippen LogP contribution in [-0.4, -0.2) is 13.7 Å². The third kappa shape index (κ3) is 3.51. The van der Waals surface area contributed by atoms with Crippen LogP contribution < -0.4 is 10.1 Å². The van der Waals surface area contributed by atoms with Crippen LogP contribution in [0.1, 0.15) is 34.7 Å². The Labute approximate surface area is 127 Å². The monoisotopic (exact) mass is 315 g/mol. The van der Waals surface area contributed by atoms with Gasteiger partial charge in [-0.2, -0.15) is 0 Å². The Bertz CT molecular complexity index is 516. The van der Waals surface area contributed by atoms with Crippen molar-refractivity contribution in [2.45, 2.75) is 26.3 Å². The summed E-state index contributed by atoms with van der Waals surface area (Å²) in [5.74, 6) is 0.919. The highest BCUT2D eigenvalue weighted by molar-refractivity contribution is 7.16. The number of hydrogen-bond acceptors (Lipinski definition) is 4. The van der Waals surface area contributed by atoms with Crippen LogP contribution in [0.2, 0.25) is 4.34 Å². The van der Waals surface area contributed by atoms with Crippen LogP contribution in [0.3, 0.4) is 0 Å². The average molecular weight is 316 g/mol. The van der Waals surface area contributed by atoms with E-state index in [0.29, 0.717) is 0 Å². The average Bonchev–Trinajstić information content (AvgIpc) is 2.98. The molecule has 0 aromatic carbocycles. The summed E-state index contributed by atoms with van der Waals surface area (Å²) in [5, 5.41) is 5.63. The molecule has 0 aliphatic heterocycles. The van der Waals surface area contributed by atoms with Gasteiger partial charge in [0.2, 0.25) is 0 Å². The van der Waals surface area contributed by atoms with E-state index in [9.17, 15) is 0 Å². The number of nitrogens with one attached hydrogen (secondary N) is 1. The van der Waals surface area contributed by atoms with E-state index in [1.165, 1.54) is 9.75 Å². The van der Waals surface area contributed by atoms with Crippen LogP contribution >= 0.6 is 34.3 Å². The Morgan fingerprint density at radius 2 is 2.16 bits per heavy atom. The Morgan fingerprint density at radius 1 is 1.37 bits per heavy atom. The second kappa shape index (κ2) is 6.75. The first-order valence-electron chi connectivity index (χ1n) is 6.27. The fraction of sp³-hybridized carbons (Fsp3) is 0.429. The molecular weight excluding hydrogens is 298 g/mol. The second-order valence-corrected chi connectivity index (χ2v) is 7.01.